The first kappa shape index (κ1) is 28.9. The van der Waals surface area contributed by atoms with Gasteiger partial charge in [-0.1, -0.05) is 47.1 Å². The van der Waals surface area contributed by atoms with Gasteiger partial charge < -0.3 is 20.9 Å². The average Bonchev–Trinajstić information content (AvgIpc) is 2.96. The van der Waals surface area contributed by atoms with Gasteiger partial charge in [-0.05, 0) is 48.2 Å². The average molecular weight is 636 g/mol. The van der Waals surface area contributed by atoms with Gasteiger partial charge in [0, 0.05) is 35.0 Å². The van der Waals surface area contributed by atoms with E-state index < -0.39 is 40.2 Å². The van der Waals surface area contributed by atoms with E-state index in [1.165, 1.54) is 41.9 Å². The molecule has 1 aromatic heterocycles. The van der Waals surface area contributed by atoms with Crippen LogP contribution in [-0.2, 0) is 6.42 Å². The number of amides is 2. The molecule has 1 aliphatic rings. The van der Waals surface area contributed by atoms with E-state index in [-0.39, 0.29) is 33.9 Å². The lowest BCUT2D eigenvalue weighted by Gasteiger charge is -2.42. The number of hydrogen-bond donors (Lipinski definition) is 3. The Bertz CT molecular complexity index is 1820. The Morgan fingerprint density at radius 1 is 1.14 bits per heavy atom. The van der Waals surface area contributed by atoms with Crippen LogP contribution < -0.4 is 21.9 Å². The summed E-state index contributed by atoms with van der Waals surface area (Å²) in [5.41, 5.74) is 6.78. The van der Waals surface area contributed by atoms with Crippen LogP contribution in [0.4, 0.5) is 15.8 Å². The first-order chi connectivity index (χ1) is 20.0. The van der Waals surface area contributed by atoms with Gasteiger partial charge in [-0.3, -0.25) is 24.5 Å². The zero-order chi connectivity index (χ0) is 30.3. The van der Waals surface area contributed by atoms with Gasteiger partial charge in [0.2, 0.25) is 5.91 Å². The van der Waals surface area contributed by atoms with Crippen molar-refractivity contribution in [2.75, 3.05) is 12.4 Å². The summed E-state index contributed by atoms with van der Waals surface area (Å²) in [6.45, 7) is 1.96. The Balaban J connectivity index is 1.81. The summed E-state index contributed by atoms with van der Waals surface area (Å²) < 4.78 is 16.5. The SMILES string of the molecule is CCC1c2ccccc2C[C@@H](Nc2c(C(=O)NC)cc(Br)cc2[N+](=O)[O-])[C@H]1n1c(=O)cc(C(N)=O)c2ccc(F)cc21. The third-order valence-electron chi connectivity index (χ3n) is 7.82. The fourth-order valence-electron chi connectivity index (χ4n) is 6.08. The maximum Gasteiger partial charge on any atom is 0.294 e. The number of nitrogens with one attached hydrogen (secondary N) is 2. The van der Waals surface area contributed by atoms with Crippen molar-refractivity contribution in [3.05, 3.63) is 114 Å². The molecule has 216 valence electrons. The molecule has 0 saturated heterocycles. The molecule has 5 rings (SSSR count). The second-order valence-electron chi connectivity index (χ2n) is 10.1. The standard InChI is InChI=1S/C30H27BrFN5O5/c1-3-18-19-7-5-4-6-15(19)10-23(35-27-22(30(40)34-2)11-16(31)12-25(27)37(41)42)28(18)36-24-13-17(32)8-9-20(24)21(29(33)39)14-26(36)38/h4-9,11-14,18,23,28,35H,3,10H2,1-2H3,(H2,33,39)(H,34,40)/t18?,23-,28+/m1/s1. The summed E-state index contributed by atoms with van der Waals surface area (Å²) in [5, 5.41) is 18.3. The van der Waals surface area contributed by atoms with Crippen molar-refractivity contribution in [2.45, 2.75) is 37.8 Å². The van der Waals surface area contributed by atoms with E-state index in [2.05, 4.69) is 26.6 Å². The number of nitro groups is 1. The number of hydrogen-bond acceptors (Lipinski definition) is 6. The Morgan fingerprint density at radius 3 is 2.55 bits per heavy atom. The number of nitrogens with zero attached hydrogens (tertiary/aromatic N) is 2. The van der Waals surface area contributed by atoms with Gasteiger partial charge in [0.25, 0.3) is 17.2 Å². The number of rotatable bonds is 7. The molecule has 0 spiro atoms. The summed E-state index contributed by atoms with van der Waals surface area (Å²) in [7, 11) is 1.42. The van der Waals surface area contributed by atoms with Crippen molar-refractivity contribution >= 4 is 50.0 Å². The molecule has 12 heteroatoms. The van der Waals surface area contributed by atoms with E-state index in [1.54, 1.807) is 0 Å². The highest BCUT2D eigenvalue weighted by atomic mass is 79.9. The number of halogens is 2. The zero-order valence-corrected chi connectivity index (χ0v) is 24.3. The molecule has 1 unspecified atom stereocenters. The molecule has 2 amide bonds. The molecule has 0 fully saturated rings. The first-order valence-electron chi connectivity index (χ1n) is 13.2. The minimum atomic E-state index is -0.827. The highest BCUT2D eigenvalue weighted by Crippen LogP contribution is 2.45. The molecule has 3 aromatic carbocycles. The van der Waals surface area contributed by atoms with E-state index in [0.29, 0.717) is 22.7 Å². The zero-order valence-electron chi connectivity index (χ0n) is 22.7. The largest absolute Gasteiger partial charge is 0.374 e. The lowest BCUT2D eigenvalue weighted by atomic mass is 9.74. The summed E-state index contributed by atoms with van der Waals surface area (Å²) in [5.74, 6) is -2.28. The second kappa shape index (κ2) is 11.4. The topological polar surface area (TPSA) is 149 Å². The maximum atomic E-state index is 14.7. The van der Waals surface area contributed by atoms with Crippen molar-refractivity contribution in [1.29, 1.82) is 0 Å². The number of benzene rings is 3. The second-order valence-corrected chi connectivity index (χ2v) is 11.1. The minimum absolute atomic E-state index is 0.0101. The number of carbonyl (C=O) groups is 2. The molecule has 4 aromatic rings. The fourth-order valence-corrected chi connectivity index (χ4v) is 6.53. The molecule has 0 aliphatic heterocycles. The van der Waals surface area contributed by atoms with Gasteiger partial charge in [0.1, 0.15) is 11.5 Å². The lowest BCUT2D eigenvalue weighted by Crippen LogP contribution is -2.45. The molecule has 1 aliphatic carbocycles. The van der Waals surface area contributed by atoms with Crippen molar-refractivity contribution in [1.82, 2.24) is 9.88 Å². The van der Waals surface area contributed by atoms with E-state index >= 15 is 0 Å². The highest BCUT2D eigenvalue weighted by Gasteiger charge is 2.40. The van der Waals surface area contributed by atoms with E-state index in [9.17, 15) is 28.9 Å². The molecule has 3 atom stereocenters. The normalized spacial score (nSPS) is 17.9. The van der Waals surface area contributed by atoms with E-state index in [0.717, 1.165) is 17.2 Å². The van der Waals surface area contributed by atoms with Gasteiger partial charge in [0.15, 0.2) is 0 Å². The summed E-state index contributed by atoms with van der Waals surface area (Å²) in [6, 6.07) is 14.0. The molecule has 0 saturated carbocycles. The van der Waals surface area contributed by atoms with Crippen LogP contribution in [0.5, 0.6) is 0 Å². The van der Waals surface area contributed by atoms with Crippen molar-refractivity contribution < 1.29 is 18.9 Å². The van der Waals surface area contributed by atoms with Crippen LogP contribution in [0.15, 0.2) is 69.9 Å². The van der Waals surface area contributed by atoms with Crippen LogP contribution in [-0.4, -0.2) is 34.4 Å². The molecular formula is C30H27BrFN5O5. The number of carbonyl (C=O) groups excluding carboxylic acids is 2. The van der Waals surface area contributed by atoms with Crippen LogP contribution in [0.3, 0.4) is 0 Å². The predicted molar refractivity (Wildman–Crippen MR) is 160 cm³/mol. The third kappa shape index (κ3) is 5.02. The number of primary amides is 1. The summed E-state index contributed by atoms with van der Waals surface area (Å²) >= 11 is 3.26. The maximum absolute atomic E-state index is 14.7. The molecule has 4 N–H and O–H groups in total. The quantitative estimate of drug-likeness (QED) is 0.191. The minimum Gasteiger partial charge on any atom is -0.374 e. The number of fused-ring (bicyclic) bond motifs is 2. The van der Waals surface area contributed by atoms with Gasteiger partial charge >= 0.3 is 0 Å². The number of pyridine rings is 1. The Kier molecular flexibility index (Phi) is 7.83. The Labute approximate surface area is 248 Å². The molecule has 0 radical (unpaired) electrons. The van der Waals surface area contributed by atoms with E-state index in [1.807, 2.05) is 31.2 Å². The van der Waals surface area contributed by atoms with Crippen LogP contribution >= 0.6 is 15.9 Å². The van der Waals surface area contributed by atoms with Crippen molar-refractivity contribution in [2.24, 2.45) is 5.73 Å². The van der Waals surface area contributed by atoms with E-state index in [4.69, 9.17) is 5.73 Å². The van der Waals surface area contributed by atoms with Gasteiger partial charge in [-0.25, -0.2) is 4.39 Å². The number of nitro benzene ring substituents is 1. The van der Waals surface area contributed by atoms with Crippen LogP contribution in [0.25, 0.3) is 10.9 Å². The number of aromatic nitrogens is 1. The Hall–Kier alpha value is -4.58. The van der Waals surface area contributed by atoms with Crippen LogP contribution in [0, 0.1) is 15.9 Å². The van der Waals surface area contributed by atoms with Gasteiger partial charge in [-0.2, -0.15) is 0 Å². The molecular weight excluding hydrogens is 609 g/mol. The first-order valence-corrected chi connectivity index (χ1v) is 14.0. The fraction of sp³-hybridized carbons (Fsp3) is 0.233. The lowest BCUT2D eigenvalue weighted by molar-refractivity contribution is -0.384. The summed E-state index contributed by atoms with van der Waals surface area (Å²) in [4.78, 5) is 50.6. The summed E-state index contributed by atoms with van der Waals surface area (Å²) in [6.07, 6.45) is 0.893. The van der Waals surface area contributed by atoms with Crippen LogP contribution in [0.1, 0.15) is 57.1 Å². The van der Waals surface area contributed by atoms with Crippen molar-refractivity contribution in [3.63, 3.8) is 0 Å². The third-order valence-corrected chi connectivity index (χ3v) is 8.28. The Morgan fingerprint density at radius 2 is 1.88 bits per heavy atom. The number of anilines is 1. The monoisotopic (exact) mass is 635 g/mol. The molecule has 0 bridgehead atoms. The molecule has 1 heterocycles. The van der Waals surface area contributed by atoms with Crippen molar-refractivity contribution in [3.8, 4) is 0 Å². The smallest absolute Gasteiger partial charge is 0.294 e. The molecule has 42 heavy (non-hydrogen) atoms. The van der Waals surface area contributed by atoms with Crippen LogP contribution in [0.2, 0.25) is 0 Å². The van der Waals surface area contributed by atoms with Gasteiger partial charge in [-0.15, -0.1) is 0 Å². The van der Waals surface area contributed by atoms with Gasteiger partial charge in [0.05, 0.1) is 33.7 Å². The highest BCUT2D eigenvalue weighted by molar-refractivity contribution is 9.10. The number of nitrogens with two attached hydrogens (primary N) is 1. The molecule has 10 nitrogen and oxygen atoms in total. The predicted octanol–water partition coefficient (Wildman–Crippen LogP) is 5.04.